The molecule has 0 saturated carbocycles. The van der Waals surface area contributed by atoms with Crippen LogP contribution >= 0.6 is 0 Å². The molecule has 1 heterocycles. The van der Waals surface area contributed by atoms with Crippen LogP contribution in [0.4, 0.5) is 16.2 Å². The topological polar surface area (TPSA) is 121 Å². The molecule has 0 aromatic carbocycles. The van der Waals surface area contributed by atoms with E-state index in [9.17, 15) is 19.7 Å². The van der Waals surface area contributed by atoms with Crippen LogP contribution in [0.1, 0.15) is 27.7 Å². The van der Waals surface area contributed by atoms with E-state index in [0.717, 1.165) is 11.1 Å². The smallest absolute Gasteiger partial charge is 0.415 e. The second kappa shape index (κ2) is 8.27. The summed E-state index contributed by atoms with van der Waals surface area (Å²) in [5.41, 5.74) is -1.52. The Hall–Kier alpha value is -2.91. The molecule has 138 valence electrons. The van der Waals surface area contributed by atoms with E-state index in [1.807, 2.05) is 0 Å². The van der Waals surface area contributed by atoms with Crippen molar-refractivity contribution in [2.24, 2.45) is 0 Å². The molecular formula is C15H21N3O7. The van der Waals surface area contributed by atoms with Crippen LogP contribution in [0.5, 0.6) is 5.88 Å². The highest BCUT2D eigenvalue weighted by molar-refractivity contribution is 5.96. The van der Waals surface area contributed by atoms with Crippen LogP contribution in [0.3, 0.4) is 0 Å². The molecule has 10 heteroatoms. The Kier molecular flexibility index (Phi) is 6.66. The van der Waals surface area contributed by atoms with Gasteiger partial charge in [0.05, 0.1) is 18.6 Å². The largest absolute Gasteiger partial charge is 0.481 e. The number of esters is 1. The first-order valence-electron chi connectivity index (χ1n) is 7.43. The number of hydrogen-bond donors (Lipinski definition) is 0. The van der Waals surface area contributed by atoms with E-state index < -0.39 is 34.8 Å². The summed E-state index contributed by atoms with van der Waals surface area (Å²) in [4.78, 5) is 39.5. The number of nitrogens with zero attached hydrogens (tertiary/aromatic N) is 3. The molecule has 1 amide bonds. The Morgan fingerprint density at radius 2 is 2.00 bits per heavy atom. The molecule has 10 nitrogen and oxygen atoms in total. The van der Waals surface area contributed by atoms with Crippen molar-refractivity contribution in [3.63, 3.8) is 0 Å². The molecule has 25 heavy (non-hydrogen) atoms. The van der Waals surface area contributed by atoms with Crippen LogP contribution in [-0.2, 0) is 14.3 Å². The van der Waals surface area contributed by atoms with Crippen LogP contribution in [0.2, 0.25) is 0 Å². The van der Waals surface area contributed by atoms with Gasteiger partial charge < -0.3 is 14.2 Å². The molecule has 1 rings (SSSR count). The summed E-state index contributed by atoms with van der Waals surface area (Å²) in [5.74, 6) is -0.698. The number of hydrogen-bond acceptors (Lipinski definition) is 8. The minimum Gasteiger partial charge on any atom is -0.481 e. The van der Waals surface area contributed by atoms with Gasteiger partial charge in [-0.05, 0) is 27.7 Å². The highest BCUT2D eigenvalue weighted by atomic mass is 16.6. The average Bonchev–Trinajstić information content (AvgIpc) is 2.50. The summed E-state index contributed by atoms with van der Waals surface area (Å²) in [5, 5.41) is 11.3. The lowest BCUT2D eigenvalue weighted by Crippen LogP contribution is -2.40. The third-order valence-electron chi connectivity index (χ3n) is 2.74. The molecule has 1 aromatic heterocycles. The SMILES string of the molecule is CCOC(=O)CN(C(=O)OC(C)(C)C)c1cc(OC)ncc1[N+](=O)[O-]. The molecule has 0 spiro atoms. The van der Waals surface area contributed by atoms with E-state index in [4.69, 9.17) is 14.2 Å². The van der Waals surface area contributed by atoms with Gasteiger partial charge in [0, 0.05) is 6.07 Å². The fourth-order valence-corrected chi connectivity index (χ4v) is 1.79. The summed E-state index contributed by atoms with van der Waals surface area (Å²) in [6.07, 6.45) is 0.00774. The highest BCUT2D eigenvalue weighted by Crippen LogP contribution is 2.31. The number of rotatable bonds is 6. The van der Waals surface area contributed by atoms with Crippen LogP contribution in [0.15, 0.2) is 12.3 Å². The predicted octanol–water partition coefficient (Wildman–Crippen LogP) is 2.30. The Labute approximate surface area is 144 Å². The summed E-state index contributed by atoms with van der Waals surface area (Å²) < 4.78 is 15.0. The highest BCUT2D eigenvalue weighted by Gasteiger charge is 2.31. The zero-order valence-corrected chi connectivity index (χ0v) is 14.8. The van der Waals surface area contributed by atoms with Gasteiger partial charge in [-0.3, -0.25) is 19.8 Å². The standard InChI is InChI=1S/C15H21N3O7/c1-6-24-13(19)9-17(14(20)25-15(2,3)4)10-7-12(23-5)16-8-11(10)18(21)22/h7-8H,6,9H2,1-5H3. The quantitative estimate of drug-likeness (QED) is 0.433. The van der Waals surface area contributed by atoms with Crippen molar-refractivity contribution in [2.75, 3.05) is 25.2 Å². The van der Waals surface area contributed by atoms with E-state index in [1.54, 1.807) is 27.7 Å². The zero-order valence-electron chi connectivity index (χ0n) is 14.8. The Morgan fingerprint density at radius 3 is 2.48 bits per heavy atom. The summed E-state index contributed by atoms with van der Waals surface area (Å²) in [6.45, 7) is 6.05. The molecule has 0 saturated heterocycles. The first kappa shape index (κ1) is 20.1. The monoisotopic (exact) mass is 355 g/mol. The molecule has 0 unspecified atom stereocenters. The van der Waals surface area contributed by atoms with Gasteiger partial charge in [-0.2, -0.15) is 0 Å². The van der Waals surface area contributed by atoms with Crippen LogP contribution in [0.25, 0.3) is 0 Å². The maximum Gasteiger partial charge on any atom is 0.415 e. The van der Waals surface area contributed by atoms with E-state index in [2.05, 4.69) is 4.98 Å². The van der Waals surface area contributed by atoms with Gasteiger partial charge in [0.25, 0.3) is 0 Å². The molecule has 0 aliphatic rings. The van der Waals surface area contributed by atoms with Crippen molar-refractivity contribution >= 4 is 23.4 Å². The van der Waals surface area contributed by atoms with Crippen molar-refractivity contribution in [3.05, 3.63) is 22.4 Å². The second-order valence-electron chi connectivity index (χ2n) is 5.84. The molecule has 0 N–H and O–H groups in total. The predicted molar refractivity (Wildman–Crippen MR) is 87.7 cm³/mol. The van der Waals surface area contributed by atoms with Crippen LogP contribution in [-0.4, -0.2) is 47.8 Å². The molecule has 1 aromatic rings. The molecular weight excluding hydrogens is 334 g/mol. The van der Waals surface area contributed by atoms with Gasteiger partial charge >= 0.3 is 17.7 Å². The van der Waals surface area contributed by atoms with Gasteiger partial charge in [-0.25, -0.2) is 9.78 Å². The number of nitro groups is 1. The Balaban J connectivity index is 3.37. The lowest BCUT2D eigenvalue weighted by Gasteiger charge is -2.26. The Bertz CT molecular complexity index is 655. The lowest BCUT2D eigenvalue weighted by molar-refractivity contribution is -0.384. The van der Waals surface area contributed by atoms with Gasteiger partial charge in [-0.1, -0.05) is 0 Å². The maximum atomic E-state index is 12.5. The summed E-state index contributed by atoms with van der Waals surface area (Å²) in [6, 6.07) is 1.18. The maximum absolute atomic E-state index is 12.5. The number of anilines is 1. The van der Waals surface area contributed by atoms with Crippen LogP contribution < -0.4 is 9.64 Å². The van der Waals surface area contributed by atoms with E-state index >= 15 is 0 Å². The summed E-state index contributed by atoms with van der Waals surface area (Å²) in [7, 11) is 1.32. The fourth-order valence-electron chi connectivity index (χ4n) is 1.79. The third kappa shape index (κ3) is 5.90. The lowest BCUT2D eigenvalue weighted by atomic mass is 10.2. The molecule has 0 aliphatic heterocycles. The number of amides is 1. The van der Waals surface area contributed by atoms with Gasteiger partial charge in [0.2, 0.25) is 5.88 Å². The summed E-state index contributed by atoms with van der Waals surface area (Å²) >= 11 is 0. The third-order valence-corrected chi connectivity index (χ3v) is 2.74. The molecule has 0 aliphatic carbocycles. The molecule has 0 bridgehead atoms. The molecule has 0 atom stereocenters. The number of carbonyl (C=O) groups is 2. The van der Waals surface area contributed by atoms with Crippen molar-refractivity contribution < 1.29 is 28.7 Å². The minimum absolute atomic E-state index is 0.0398. The molecule has 0 fully saturated rings. The zero-order chi connectivity index (χ0) is 19.2. The van der Waals surface area contributed by atoms with Crippen molar-refractivity contribution in [3.8, 4) is 5.88 Å². The molecule has 0 radical (unpaired) electrons. The first-order valence-corrected chi connectivity index (χ1v) is 7.43. The van der Waals surface area contributed by atoms with E-state index in [0.29, 0.717) is 0 Å². The van der Waals surface area contributed by atoms with Gasteiger partial charge in [0.1, 0.15) is 24.0 Å². The van der Waals surface area contributed by atoms with Crippen molar-refractivity contribution in [2.45, 2.75) is 33.3 Å². The number of carbonyl (C=O) groups excluding carboxylic acids is 2. The van der Waals surface area contributed by atoms with Crippen LogP contribution in [0, 0.1) is 10.1 Å². The second-order valence-corrected chi connectivity index (χ2v) is 5.84. The average molecular weight is 355 g/mol. The van der Waals surface area contributed by atoms with E-state index in [-0.39, 0.29) is 18.2 Å². The number of methoxy groups -OCH3 is 1. The number of aromatic nitrogens is 1. The number of pyridine rings is 1. The Morgan fingerprint density at radius 1 is 1.36 bits per heavy atom. The fraction of sp³-hybridized carbons (Fsp3) is 0.533. The number of ether oxygens (including phenoxy) is 3. The first-order chi connectivity index (χ1) is 11.6. The van der Waals surface area contributed by atoms with Gasteiger partial charge in [0.15, 0.2) is 0 Å². The normalized spacial score (nSPS) is 10.8. The van der Waals surface area contributed by atoms with E-state index in [1.165, 1.54) is 13.2 Å². The van der Waals surface area contributed by atoms with Gasteiger partial charge in [-0.15, -0.1) is 0 Å². The van der Waals surface area contributed by atoms with Crippen molar-refractivity contribution in [1.82, 2.24) is 4.98 Å². The minimum atomic E-state index is -0.933. The van der Waals surface area contributed by atoms with Crippen molar-refractivity contribution in [1.29, 1.82) is 0 Å².